The van der Waals surface area contributed by atoms with Gasteiger partial charge >= 0.3 is 5.97 Å². The molecule has 0 saturated heterocycles. The first-order chi connectivity index (χ1) is 9.42. The summed E-state index contributed by atoms with van der Waals surface area (Å²) in [6.07, 6.45) is 6.74. The molecule has 0 aliphatic heterocycles. The summed E-state index contributed by atoms with van der Waals surface area (Å²) in [4.78, 5) is 12.8. The molecule has 1 aliphatic rings. The summed E-state index contributed by atoms with van der Waals surface area (Å²) in [5.74, 6) is -0.724. The van der Waals surface area contributed by atoms with Gasteiger partial charge in [-0.3, -0.25) is 9.69 Å². The number of allylic oxidation sites excluding steroid dienone is 2. The van der Waals surface area contributed by atoms with Crippen molar-refractivity contribution in [2.24, 2.45) is 0 Å². The predicted octanol–water partition coefficient (Wildman–Crippen LogP) is 2.65. The SMILES string of the molecule is CCN(CC(=O)O)C1CC(NC(C)CCC=C(C)C)C1. The van der Waals surface area contributed by atoms with Crippen LogP contribution < -0.4 is 5.32 Å². The zero-order valence-electron chi connectivity index (χ0n) is 13.4. The van der Waals surface area contributed by atoms with Crippen molar-refractivity contribution in [1.29, 1.82) is 0 Å². The van der Waals surface area contributed by atoms with Crippen LogP contribution in [0.25, 0.3) is 0 Å². The van der Waals surface area contributed by atoms with E-state index in [1.807, 2.05) is 6.92 Å². The van der Waals surface area contributed by atoms with Gasteiger partial charge in [0, 0.05) is 18.1 Å². The number of carboxylic acids is 1. The van der Waals surface area contributed by atoms with E-state index in [4.69, 9.17) is 5.11 Å². The second-order valence-electron chi connectivity index (χ2n) is 6.21. The normalized spacial score (nSPS) is 23.2. The number of nitrogens with zero attached hydrogens (tertiary/aromatic N) is 1. The molecule has 0 aromatic heterocycles. The summed E-state index contributed by atoms with van der Waals surface area (Å²) >= 11 is 0. The van der Waals surface area contributed by atoms with Crippen LogP contribution >= 0.6 is 0 Å². The highest BCUT2D eigenvalue weighted by Crippen LogP contribution is 2.26. The molecule has 0 amide bonds. The lowest BCUT2D eigenvalue weighted by molar-refractivity contribution is -0.139. The van der Waals surface area contributed by atoms with Crippen molar-refractivity contribution < 1.29 is 9.90 Å². The van der Waals surface area contributed by atoms with Crippen LogP contribution in [0, 0.1) is 0 Å². The molecule has 116 valence electrons. The van der Waals surface area contributed by atoms with Crippen molar-refractivity contribution in [3.63, 3.8) is 0 Å². The first kappa shape index (κ1) is 17.2. The average molecular weight is 282 g/mol. The molecule has 0 aromatic carbocycles. The molecule has 0 aromatic rings. The maximum Gasteiger partial charge on any atom is 0.317 e. The topological polar surface area (TPSA) is 52.6 Å². The molecule has 1 rings (SSSR count). The average Bonchev–Trinajstić information content (AvgIpc) is 2.30. The highest BCUT2D eigenvalue weighted by molar-refractivity contribution is 5.69. The minimum absolute atomic E-state index is 0.171. The first-order valence-corrected chi connectivity index (χ1v) is 7.77. The molecular formula is C16H30N2O2. The fourth-order valence-corrected chi connectivity index (χ4v) is 2.80. The molecule has 0 spiro atoms. The van der Waals surface area contributed by atoms with Crippen molar-refractivity contribution in [3.05, 3.63) is 11.6 Å². The zero-order valence-corrected chi connectivity index (χ0v) is 13.4. The van der Waals surface area contributed by atoms with Gasteiger partial charge < -0.3 is 10.4 Å². The Hall–Kier alpha value is -0.870. The zero-order chi connectivity index (χ0) is 15.1. The number of hydrogen-bond donors (Lipinski definition) is 2. The van der Waals surface area contributed by atoms with E-state index in [1.54, 1.807) is 0 Å². The van der Waals surface area contributed by atoms with Gasteiger partial charge in [0.2, 0.25) is 0 Å². The van der Waals surface area contributed by atoms with Crippen LogP contribution in [0.1, 0.15) is 53.4 Å². The standard InChI is InChI=1S/C16H30N2O2/c1-5-18(11-16(19)20)15-9-14(10-15)17-13(4)8-6-7-12(2)3/h7,13-15,17H,5-6,8-11H2,1-4H3,(H,19,20). The minimum Gasteiger partial charge on any atom is -0.480 e. The van der Waals surface area contributed by atoms with Crippen molar-refractivity contribution in [3.8, 4) is 0 Å². The largest absolute Gasteiger partial charge is 0.480 e. The monoisotopic (exact) mass is 282 g/mol. The Labute approximate surface area is 123 Å². The molecule has 4 heteroatoms. The summed E-state index contributed by atoms with van der Waals surface area (Å²) in [6.45, 7) is 9.53. The van der Waals surface area contributed by atoms with E-state index in [0.29, 0.717) is 18.1 Å². The van der Waals surface area contributed by atoms with Crippen molar-refractivity contribution in [2.45, 2.75) is 71.5 Å². The van der Waals surface area contributed by atoms with E-state index < -0.39 is 5.97 Å². The maximum atomic E-state index is 10.8. The number of carboxylic acid groups (broad SMARTS) is 1. The van der Waals surface area contributed by atoms with Crippen LogP contribution in [-0.2, 0) is 4.79 Å². The molecule has 1 atom stereocenters. The van der Waals surface area contributed by atoms with Crippen LogP contribution in [0.15, 0.2) is 11.6 Å². The number of rotatable bonds is 9. The first-order valence-electron chi connectivity index (χ1n) is 7.77. The number of carbonyl (C=O) groups is 1. The van der Waals surface area contributed by atoms with Gasteiger partial charge in [-0.2, -0.15) is 0 Å². The van der Waals surface area contributed by atoms with E-state index in [-0.39, 0.29) is 6.54 Å². The summed E-state index contributed by atoms with van der Waals surface area (Å²) in [7, 11) is 0. The highest BCUT2D eigenvalue weighted by Gasteiger charge is 2.33. The van der Waals surface area contributed by atoms with Gasteiger partial charge in [-0.25, -0.2) is 0 Å². The van der Waals surface area contributed by atoms with Crippen LogP contribution in [0.4, 0.5) is 0 Å². The lowest BCUT2D eigenvalue weighted by Crippen LogP contribution is -2.55. The van der Waals surface area contributed by atoms with Gasteiger partial charge in [0.15, 0.2) is 0 Å². The van der Waals surface area contributed by atoms with E-state index in [2.05, 4.69) is 37.1 Å². The van der Waals surface area contributed by atoms with Gasteiger partial charge in [-0.1, -0.05) is 18.6 Å². The van der Waals surface area contributed by atoms with Crippen LogP contribution in [0.2, 0.25) is 0 Å². The van der Waals surface area contributed by atoms with Crippen LogP contribution in [-0.4, -0.2) is 47.2 Å². The molecule has 0 bridgehead atoms. The molecule has 20 heavy (non-hydrogen) atoms. The Bertz CT molecular complexity index is 331. The third-order valence-corrected chi connectivity index (χ3v) is 4.05. The van der Waals surface area contributed by atoms with E-state index >= 15 is 0 Å². The van der Waals surface area contributed by atoms with Crippen molar-refractivity contribution >= 4 is 5.97 Å². The lowest BCUT2D eigenvalue weighted by atomic mass is 9.84. The molecule has 1 fully saturated rings. The van der Waals surface area contributed by atoms with Crippen molar-refractivity contribution in [2.75, 3.05) is 13.1 Å². The van der Waals surface area contributed by atoms with E-state index in [1.165, 1.54) is 12.0 Å². The van der Waals surface area contributed by atoms with Gasteiger partial charge in [-0.15, -0.1) is 0 Å². The Balaban J connectivity index is 2.20. The number of hydrogen-bond acceptors (Lipinski definition) is 3. The summed E-state index contributed by atoms with van der Waals surface area (Å²) < 4.78 is 0. The number of aliphatic carboxylic acids is 1. The minimum atomic E-state index is -0.724. The second-order valence-corrected chi connectivity index (χ2v) is 6.21. The highest BCUT2D eigenvalue weighted by atomic mass is 16.4. The molecule has 0 radical (unpaired) electrons. The van der Waals surface area contributed by atoms with Gasteiger partial charge in [0.05, 0.1) is 6.54 Å². The molecular weight excluding hydrogens is 252 g/mol. The third-order valence-electron chi connectivity index (χ3n) is 4.05. The van der Waals surface area contributed by atoms with Crippen LogP contribution in [0.5, 0.6) is 0 Å². The smallest absolute Gasteiger partial charge is 0.317 e. The molecule has 1 aliphatic carbocycles. The van der Waals surface area contributed by atoms with Gasteiger partial charge in [0.1, 0.15) is 0 Å². The third kappa shape index (κ3) is 6.06. The molecule has 1 saturated carbocycles. The quantitative estimate of drug-likeness (QED) is 0.638. The van der Waals surface area contributed by atoms with E-state index in [9.17, 15) is 4.79 Å². The molecule has 2 N–H and O–H groups in total. The summed E-state index contributed by atoms with van der Waals surface area (Å²) in [5, 5.41) is 12.5. The molecule has 1 unspecified atom stereocenters. The fourth-order valence-electron chi connectivity index (χ4n) is 2.80. The Morgan fingerprint density at radius 1 is 1.45 bits per heavy atom. The van der Waals surface area contributed by atoms with Gasteiger partial charge in [0.25, 0.3) is 0 Å². The maximum absolute atomic E-state index is 10.8. The molecule has 0 heterocycles. The summed E-state index contributed by atoms with van der Waals surface area (Å²) in [5.41, 5.74) is 1.38. The Kier molecular flexibility index (Phi) is 7.24. The second kappa shape index (κ2) is 8.42. The van der Waals surface area contributed by atoms with Gasteiger partial charge in [-0.05, 0) is 53.0 Å². The Morgan fingerprint density at radius 3 is 2.60 bits per heavy atom. The fraction of sp³-hybridized carbons (Fsp3) is 0.812. The summed E-state index contributed by atoms with van der Waals surface area (Å²) in [6, 6.07) is 1.54. The van der Waals surface area contributed by atoms with Crippen molar-refractivity contribution in [1.82, 2.24) is 10.2 Å². The predicted molar refractivity (Wildman–Crippen MR) is 83.0 cm³/mol. The Morgan fingerprint density at radius 2 is 2.10 bits per heavy atom. The lowest BCUT2D eigenvalue weighted by Gasteiger charge is -2.43. The molecule has 4 nitrogen and oxygen atoms in total. The van der Waals surface area contributed by atoms with Crippen LogP contribution in [0.3, 0.4) is 0 Å². The number of likely N-dealkylation sites (N-methyl/N-ethyl adjacent to an activating group) is 1. The number of nitrogens with one attached hydrogen (secondary N) is 1. The van der Waals surface area contributed by atoms with E-state index in [0.717, 1.165) is 25.8 Å².